The number of aromatic nitrogens is 1. The van der Waals surface area contributed by atoms with Gasteiger partial charge < -0.3 is 20.1 Å². The van der Waals surface area contributed by atoms with Crippen LogP contribution in [0.1, 0.15) is 55.7 Å². The van der Waals surface area contributed by atoms with Gasteiger partial charge in [0.2, 0.25) is 0 Å². The lowest BCUT2D eigenvalue weighted by Gasteiger charge is -2.40. The van der Waals surface area contributed by atoms with E-state index < -0.39 is 11.9 Å². The van der Waals surface area contributed by atoms with Crippen molar-refractivity contribution in [2.24, 2.45) is 11.7 Å². The van der Waals surface area contributed by atoms with Crippen molar-refractivity contribution >= 4 is 58.8 Å². The van der Waals surface area contributed by atoms with Crippen molar-refractivity contribution in [1.82, 2.24) is 4.98 Å². The van der Waals surface area contributed by atoms with Crippen molar-refractivity contribution < 1.29 is 19.1 Å². The average Bonchev–Trinajstić information content (AvgIpc) is 3.28. The van der Waals surface area contributed by atoms with Crippen LogP contribution in [0.4, 0.5) is 5.13 Å². The number of nitrogens with zero attached hydrogens (tertiary/aromatic N) is 2. The first-order valence-electron chi connectivity index (χ1n) is 11.5. The van der Waals surface area contributed by atoms with Gasteiger partial charge in [-0.25, -0.2) is 14.6 Å². The number of methoxy groups -OCH3 is 1. The summed E-state index contributed by atoms with van der Waals surface area (Å²) in [4.78, 5) is 32.0. The molecular weight excluding hydrogens is 521 g/mol. The highest BCUT2D eigenvalue weighted by molar-refractivity contribution is 7.14. The zero-order valence-electron chi connectivity index (χ0n) is 21.5. The van der Waals surface area contributed by atoms with Crippen LogP contribution in [0.5, 0.6) is 0 Å². The summed E-state index contributed by atoms with van der Waals surface area (Å²) >= 11 is 1.34. The molecule has 0 bridgehead atoms. The fourth-order valence-electron chi connectivity index (χ4n) is 4.24. The first-order valence-corrected chi connectivity index (χ1v) is 12.3. The lowest BCUT2D eigenvalue weighted by Crippen LogP contribution is -2.42. The number of rotatable bonds is 8. The number of thiazole rings is 1. The van der Waals surface area contributed by atoms with E-state index in [0.29, 0.717) is 16.6 Å². The van der Waals surface area contributed by atoms with Crippen LogP contribution in [-0.4, -0.2) is 43.2 Å². The van der Waals surface area contributed by atoms with Gasteiger partial charge in [-0.05, 0) is 44.2 Å². The number of carbonyl (C=O) groups is 2. The highest BCUT2D eigenvalue weighted by atomic mass is 35.5. The summed E-state index contributed by atoms with van der Waals surface area (Å²) in [5.74, 6) is -0.549. The minimum Gasteiger partial charge on any atom is -0.466 e. The van der Waals surface area contributed by atoms with E-state index in [1.807, 2.05) is 43.0 Å². The van der Waals surface area contributed by atoms with Crippen LogP contribution in [0.3, 0.4) is 0 Å². The van der Waals surface area contributed by atoms with Gasteiger partial charge in [-0.15, -0.1) is 36.2 Å². The minimum absolute atomic E-state index is 0. The molecule has 10 heteroatoms. The molecule has 1 atom stereocenters. The molecule has 1 aliphatic heterocycles. The van der Waals surface area contributed by atoms with Gasteiger partial charge in [0.1, 0.15) is 0 Å². The predicted molar refractivity (Wildman–Crippen MR) is 150 cm³/mol. The zero-order chi connectivity index (χ0) is 25.0. The molecule has 0 aliphatic carbocycles. The van der Waals surface area contributed by atoms with Gasteiger partial charge in [0.25, 0.3) is 0 Å². The summed E-state index contributed by atoms with van der Waals surface area (Å²) in [5, 5.41) is 2.30. The van der Waals surface area contributed by atoms with E-state index in [2.05, 4.69) is 18.8 Å². The number of esters is 2. The number of allylic oxidation sites excluding steroid dienone is 1. The zero-order valence-corrected chi connectivity index (χ0v) is 23.9. The van der Waals surface area contributed by atoms with E-state index >= 15 is 0 Å². The normalized spacial score (nSPS) is 15.4. The number of ether oxygens (including phenoxy) is 2. The Morgan fingerprint density at radius 3 is 2.33 bits per heavy atom. The molecule has 2 aromatic rings. The number of anilines is 1. The van der Waals surface area contributed by atoms with Gasteiger partial charge in [0.05, 0.1) is 25.3 Å². The largest absolute Gasteiger partial charge is 0.466 e. The minimum atomic E-state index is -0.466. The number of hydrogen-bond acceptors (Lipinski definition) is 8. The lowest BCUT2D eigenvalue weighted by atomic mass is 9.82. The molecule has 3 rings (SSSR count). The van der Waals surface area contributed by atoms with E-state index in [9.17, 15) is 9.59 Å². The molecule has 1 unspecified atom stereocenters. The summed E-state index contributed by atoms with van der Waals surface area (Å²) in [5.41, 5.74) is 11.9. The van der Waals surface area contributed by atoms with Crippen LogP contribution in [0.2, 0.25) is 0 Å². The smallest absolute Gasteiger partial charge is 0.357 e. The summed E-state index contributed by atoms with van der Waals surface area (Å²) < 4.78 is 10.3. The highest BCUT2D eigenvalue weighted by Crippen LogP contribution is 2.43. The molecule has 2 heterocycles. The van der Waals surface area contributed by atoms with Crippen LogP contribution in [-0.2, 0) is 14.3 Å². The molecule has 7 nitrogen and oxygen atoms in total. The number of halogens is 2. The van der Waals surface area contributed by atoms with E-state index in [0.717, 1.165) is 34.4 Å². The fraction of sp³-hybridized carbons (Fsp3) is 0.423. The monoisotopic (exact) mass is 555 g/mol. The Hall–Kier alpha value is -2.39. The summed E-state index contributed by atoms with van der Waals surface area (Å²) in [6.45, 7) is 10.5. The van der Waals surface area contributed by atoms with Gasteiger partial charge in [-0.3, -0.25) is 0 Å². The van der Waals surface area contributed by atoms with Crippen molar-refractivity contribution in [1.29, 1.82) is 0 Å². The van der Waals surface area contributed by atoms with Crippen LogP contribution >= 0.6 is 36.2 Å². The van der Waals surface area contributed by atoms with Crippen molar-refractivity contribution in [3.05, 3.63) is 63.3 Å². The molecule has 1 aliphatic rings. The molecular formula is C26H35Cl2N3O4S. The third-order valence-corrected chi connectivity index (χ3v) is 6.59. The van der Waals surface area contributed by atoms with Crippen molar-refractivity contribution in [2.75, 3.05) is 25.2 Å². The van der Waals surface area contributed by atoms with E-state index in [1.54, 1.807) is 12.3 Å². The maximum atomic E-state index is 13.1. The fourth-order valence-corrected chi connectivity index (χ4v) is 5.14. The predicted octanol–water partition coefficient (Wildman–Crippen LogP) is 5.57. The first kappa shape index (κ1) is 31.6. The van der Waals surface area contributed by atoms with Gasteiger partial charge in [0.15, 0.2) is 10.8 Å². The maximum Gasteiger partial charge on any atom is 0.357 e. The third-order valence-electron chi connectivity index (χ3n) is 5.75. The topological polar surface area (TPSA) is 94.8 Å². The molecule has 0 amide bonds. The Morgan fingerprint density at radius 1 is 1.17 bits per heavy atom. The SMILES string of the molecule is CCOC(=O)c1csc(N2C(CC(C)C)=C(CN)C(c3ccc(C)cc3)=C(C(=O)OC)C2C)n1.Cl.Cl. The number of nitrogens with two attached hydrogens (primary N) is 1. The molecule has 0 fully saturated rings. The Labute approximate surface area is 229 Å². The highest BCUT2D eigenvalue weighted by Gasteiger charge is 2.38. The van der Waals surface area contributed by atoms with Gasteiger partial charge in [0, 0.05) is 23.2 Å². The van der Waals surface area contributed by atoms with E-state index in [4.69, 9.17) is 15.2 Å². The maximum absolute atomic E-state index is 13.1. The molecule has 36 heavy (non-hydrogen) atoms. The standard InChI is InChI=1S/C26H33N3O4S.2ClH/c1-7-33-24(30)20-14-34-26(28-20)29-17(5)22(25(31)32-6)23(18-10-8-16(4)9-11-18)19(13-27)21(29)12-15(2)3;;/h8-11,14-15,17H,7,12-13,27H2,1-6H3;2*1H. The Kier molecular flexibility index (Phi) is 12.1. The Balaban J connectivity index is 0.00000324. The van der Waals surface area contributed by atoms with Crippen LogP contribution in [0.15, 0.2) is 46.5 Å². The second-order valence-electron chi connectivity index (χ2n) is 8.66. The second kappa shape index (κ2) is 13.8. The Morgan fingerprint density at radius 2 is 1.81 bits per heavy atom. The molecule has 0 spiro atoms. The quantitative estimate of drug-likeness (QED) is 0.425. The van der Waals surface area contributed by atoms with Crippen LogP contribution in [0.25, 0.3) is 5.57 Å². The molecule has 1 aromatic heterocycles. The van der Waals surface area contributed by atoms with Crippen molar-refractivity contribution in [2.45, 2.75) is 47.1 Å². The molecule has 0 saturated heterocycles. The second-order valence-corrected chi connectivity index (χ2v) is 9.49. The number of hydrogen-bond donors (Lipinski definition) is 1. The van der Waals surface area contributed by atoms with Gasteiger partial charge >= 0.3 is 11.9 Å². The average molecular weight is 557 g/mol. The lowest BCUT2D eigenvalue weighted by molar-refractivity contribution is -0.136. The summed E-state index contributed by atoms with van der Waals surface area (Å²) in [7, 11) is 1.39. The van der Waals surface area contributed by atoms with E-state index in [-0.39, 0.29) is 49.7 Å². The summed E-state index contributed by atoms with van der Waals surface area (Å²) in [6, 6.07) is 7.70. The van der Waals surface area contributed by atoms with Crippen LogP contribution < -0.4 is 10.6 Å². The molecule has 198 valence electrons. The molecule has 0 saturated carbocycles. The first-order chi connectivity index (χ1) is 16.2. The van der Waals surface area contributed by atoms with Crippen LogP contribution in [0, 0.1) is 12.8 Å². The number of carbonyl (C=O) groups excluding carboxylic acids is 2. The number of benzene rings is 1. The molecule has 1 aromatic carbocycles. The Bertz CT molecular complexity index is 1130. The third kappa shape index (κ3) is 6.48. The molecule has 0 radical (unpaired) electrons. The van der Waals surface area contributed by atoms with Gasteiger partial charge in [-0.2, -0.15) is 0 Å². The van der Waals surface area contributed by atoms with Crippen molar-refractivity contribution in [3.8, 4) is 0 Å². The molecule has 2 N–H and O–H groups in total. The van der Waals surface area contributed by atoms with Crippen molar-refractivity contribution in [3.63, 3.8) is 0 Å². The van der Waals surface area contributed by atoms with Gasteiger partial charge in [-0.1, -0.05) is 43.7 Å². The number of aryl methyl sites for hydroxylation is 1. The van der Waals surface area contributed by atoms with E-state index in [1.165, 1.54) is 18.4 Å². The summed E-state index contributed by atoms with van der Waals surface area (Å²) in [6.07, 6.45) is 0.731.